The lowest BCUT2D eigenvalue weighted by atomic mass is 9.55. The Balaban J connectivity index is 1.33. The van der Waals surface area contributed by atoms with Gasteiger partial charge in [-0.1, -0.05) is 25.1 Å². The van der Waals surface area contributed by atoms with Crippen molar-refractivity contribution in [2.75, 3.05) is 27.3 Å². The Morgan fingerprint density at radius 3 is 2.83 bits per heavy atom. The molecule has 3 fully saturated rings. The lowest BCUT2D eigenvalue weighted by Crippen LogP contribution is -2.45. The van der Waals surface area contributed by atoms with E-state index in [2.05, 4.69) is 24.9 Å². The van der Waals surface area contributed by atoms with Crippen LogP contribution in [0.15, 0.2) is 30.4 Å². The first-order valence-electron chi connectivity index (χ1n) is 11.2. The Bertz CT molecular complexity index is 806. The maximum absolute atomic E-state index is 12.6. The molecular weight excluding hydrogens is 378 g/mol. The number of nitrogens with one attached hydrogen (secondary N) is 1. The van der Waals surface area contributed by atoms with Crippen molar-refractivity contribution >= 4 is 5.97 Å². The third-order valence-electron chi connectivity index (χ3n) is 7.72. The third kappa shape index (κ3) is 3.96. The van der Waals surface area contributed by atoms with Crippen LogP contribution in [0.5, 0.6) is 11.5 Å². The van der Waals surface area contributed by atoms with Crippen LogP contribution in [0.25, 0.3) is 0 Å². The SMILES string of the molecule is C=C1CCC[C@]2(C)C[C@H]3OC(=O)[C@H](CNCCc4ccc(OC)c(OC)c4)[C@@H]3C[C@H]12. The molecule has 1 aliphatic heterocycles. The number of carbonyl (C=O) groups excluding carboxylic acids is 1. The highest BCUT2D eigenvalue weighted by atomic mass is 16.6. The summed E-state index contributed by atoms with van der Waals surface area (Å²) in [6, 6.07) is 6.00. The fraction of sp³-hybridized carbons (Fsp3) is 0.640. The number of allylic oxidation sites excluding steroid dienone is 1. The number of rotatable bonds is 7. The molecule has 5 heteroatoms. The number of benzene rings is 1. The zero-order chi connectivity index (χ0) is 21.3. The molecule has 30 heavy (non-hydrogen) atoms. The predicted octanol–water partition coefficient (Wildman–Crippen LogP) is 4.15. The summed E-state index contributed by atoms with van der Waals surface area (Å²) in [5, 5.41) is 3.50. The molecular formula is C25H35NO4. The van der Waals surface area contributed by atoms with E-state index in [1.165, 1.54) is 24.0 Å². The Morgan fingerprint density at radius 2 is 2.07 bits per heavy atom. The van der Waals surface area contributed by atoms with E-state index in [1.807, 2.05) is 12.1 Å². The van der Waals surface area contributed by atoms with Gasteiger partial charge in [0.15, 0.2) is 11.5 Å². The Hall–Kier alpha value is -2.01. The van der Waals surface area contributed by atoms with Crippen LogP contribution < -0.4 is 14.8 Å². The summed E-state index contributed by atoms with van der Waals surface area (Å²) in [4.78, 5) is 12.6. The Labute approximate surface area is 180 Å². The average Bonchev–Trinajstić information content (AvgIpc) is 3.03. The lowest BCUT2D eigenvalue weighted by molar-refractivity contribution is -0.146. The maximum atomic E-state index is 12.6. The van der Waals surface area contributed by atoms with Crippen LogP contribution in [0, 0.1) is 23.2 Å². The number of ether oxygens (including phenoxy) is 3. The van der Waals surface area contributed by atoms with Gasteiger partial charge in [-0.25, -0.2) is 0 Å². The van der Waals surface area contributed by atoms with Gasteiger partial charge >= 0.3 is 5.97 Å². The second-order valence-electron chi connectivity index (χ2n) is 9.55. The van der Waals surface area contributed by atoms with Crippen LogP contribution in [0.1, 0.15) is 44.6 Å². The minimum absolute atomic E-state index is 0.0172. The highest BCUT2D eigenvalue weighted by molar-refractivity contribution is 5.75. The topological polar surface area (TPSA) is 56.8 Å². The average molecular weight is 414 g/mol. The molecule has 5 nitrogen and oxygen atoms in total. The Kier molecular flexibility index (Phi) is 6.10. The number of esters is 1. The predicted molar refractivity (Wildman–Crippen MR) is 117 cm³/mol. The van der Waals surface area contributed by atoms with E-state index < -0.39 is 0 Å². The molecule has 0 unspecified atom stereocenters. The fourth-order valence-electron chi connectivity index (χ4n) is 6.02. The summed E-state index contributed by atoms with van der Waals surface area (Å²) in [6.07, 6.45) is 6.59. The van der Waals surface area contributed by atoms with Crippen molar-refractivity contribution < 1.29 is 19.0 Å². The molecule has 0 aromatic heterocycles. The summed E-state index contributed by atoms with van der Waals surface area (Å²) in [7, 11) is 3.29. The van der Waals surface area contributed by atoms with Gasteiger partial charge in [-0.05, 0) is 74.1 Å². The third-order valence-corrected chi connectivity index (χ3v) is 7.72. The summed E-state index contributed by atoms with van der Waals surface area (Å²) >= 11 is 0. The minimum Gasteiger partial charge on any atom is -0.493 e. The van der Waals surface area contributed by atoms with E-state index in [1.54, 1.807) is 14.2 Å². The molecule has 3 aliphatic rings. The van der Waals surface area contributed by atoms with Crippen LogP contribution in [-0.2, 0) is 16.0 Å². The van der Waals surface area contributed by atoms with Gasteiger partial charge in [-0.15, -0.1) is 0 Å². The maximum Gasteiger partial charge on any atom is 0.310 e. The standard InChI is InChI=1S/C25H35NO4/c1-16-6-5-10-25(2)14-23-18(13-20(16)25)19(24(27)30-23)15-26-11-9-17-7-8-21(28-3)22(12-17)29-4/h7-8,12,18-20,23,26H,1,5-6,9-11,13-15H2,2-4H3/t18-,19+,20+,23+,25+/m0/s1. The largest absolute Gasteiger partial charge is 0.493 e. The molecule has 2 saturated carbocycles. The van der Waals surface area contributed by atoms with Crippen LogP contribution in [0.2, 0.25) is 0 Å². The molecule has 1 aromatic rings. The molecule has 1 heterocycles. The number of hydrogen-bond donors (Lipinski definition) is 1. The van der Waals surface area contributed by atoms with Gasteiger partial charge in [0, 0.05) is 12.5 Å². The molecule has 1 N–H and O–H groups in total. The van der Waals surface area contributed by atoms with Crippen molar-refractivity contribution in [3.63, 3.8) is 0 Å². The molecule has 164 valence electrons. The summed E-state index contributed by atoms with van der Waals surface area (Å²) in [6.45, 7) is 8.25. The van der Waals surface area contributed by atoms with Gasteiger partial charge in [-0.3, -0.25) is 4.79 Å². The second-order valence-corrected chi connectivity index (χ2v) is 9.55. The zero-order valence-electron chi connectivity index (χ0n) is 18.5. The number of methoxy groups -OCH3 is 2. The number of hydrogen-bond acceptors (Lipinski definition) is 5. The van der Waals surface area contributed by atoms with Gasteiger partial charge in [0.05, 0.1) is 20.1 Å². The van der Waals surface area contributed by atoms with Gasteiger partial charge < -0.3 is 19.5 Å². The molecule has 0 spiro atoms. The molecule has 1 saturated heterocycles. The molecule has 0 bridgehead atoms. The highest BCUT2D eigenvalue weighted by Gasteiger charge is 2.54. The van der Waals surface area contributed by atoms with Crippen molar-refractivity contribution in [2.45, 2.75) is 51.6 Å². The van der Waals surface area contributed by atoms with E-state index in [-0.39, 0.29) is 23.4 Å². The first kappa shape index (κ1) is 21.2. The minimum atomic E-state index is -0.0420. The molecule has 2 aliphatic carbocycles. The summed E-state index contributed by atoms with van der Waals surface area (Å²) < 4.78 is 16.5. The number of carbonyl (C=O) groups is 1. The quantitative estimate of drug-likeness (QED) is 0.413. The van der Waals surface area contributed by atoms with Crippen molar-refractivity contribution in [2.24, 2.45) is 23.2 Å². The molecule has 1 aromatic carbocycles. The van der Waals surface area contributed by atoms with Gasteiger partial charge in [-0.2, -0.15) is 0 Å². The van der Waals surface area contributed by atoms with Crippen molar-refractivity contribution in [1.29, 1.82) is 0 Å². The fourth-order valence-corrected chi connectivity index (χ4v) is 6.02. The van der Waals surface area contributed by atoms with Crippen LogP contribution >= 0.6 is 0 Å². The van der Waals surface area contributed by atoms with Crippen LogP contribution in [0.3, 0.4) is 0 Å². The summed E-state index contributed by atoms with van der Waals surface area (Å²) in [5.41, 5.74) is 2.83. The van der Waals surface area contributed by atoms with Gasteiger partial charge in [0.2, 0.25) is 0 Å². The molecule has 4 rings (SSSR count). The van der Waals surface area contributed by atoms with E-state index in [0.29, 0.717) is 18.4 Å². The molecule has 5 atom stereocenters. The number of fused-ring (bicyclic) bond motifs is 2. The van der Waals surface area contributed by atoms with Gasteiger partial charge in [0.1, 0.15) is 6.10 Å². The first-order chi connectivity index (χ1) is 14.4. The van der Waals surface area contributed by atoms with E-state index in [4.69, 9.17) is 14.2 Å². The molecule has 0 amide bonds. The lowest BCUT2D eigenvalue weighted by Gasteiger charge is -2.50. The van der Waals surface area contributed by atoms with Crippen LogP contribution in [-0.4, -0.2) is 39.4 Å². The highest BCUT2D eigenvalue weighted by Crippen LogP contribution is 2.56. The first-order valence-corrected chi connectivity index (χ1v) is 11.2. The van der Waals surface area contributed by atoms with E-state index in [9.17, 15) is 4.79 Å². The smallest absolute Gasteiger partial charge is 0.310 e. The van der Waals surface area contributed by atoms with Crippen molar-refractivity contribution in [1.82, 2.24) is 5.32 Å². The normalized spacial score (nSPS) is 32.9. The Morgan fingerprint density at radius 1 is 1.27 bits per heavy atom. The van der Waals surface area contributed by atoms with Crippen molar-refractivity contribution in [3.05, 3.63) is 35.9 Å². The summed E-state index contributed by atoms with van der Waals surface area (Å²) in [5.74, 6) is 2.28. The van der Waals surface area contributed by atoms with Crippen molar-refractivity contribution in [3.8, 4) is 11.5 Å². The second kappa shape index (κ2) is 8.62. The van der Waals surface area contributed by atoms with Crippen LogP contribution in [0.4, 0.5) is 0 Å². The monoisotopic (exact) mass is 413 g/mol. The van der Waals surface area contributed by atoms with Gasteiger partial charge in [0.25, 0.3) is 0 Å². The molecule has 0 radical (unpaired) electrons. The van der Waals surface area contributed by atoms with E-state index in [0.717, 1.165) is 43.7 Å². The zero-order valence-corrected chi connectivity index (χ0v) is 18.5. The van der Waals surface area contributed by atoms with E-state index >= 15 is 0 Å².